The van der Waals surface area contributed by atoms with Gasteiger partial charge in [-0.15, -0.1) is 0 Å². The van der Waals surface area contributed by atoms with E-state index in [-0.39, 0.29) is 11.5 Å². The third kappa shape index (κ3) is 5.50. The second kappa shape index (κ2) is 9.34. The van der Waals surface area contributed by atoms with Gasteiger partial charge in [0.15, 0.2) is 0 Å². The number of amides is 1. The standard InChI is InChI=1S/C21H27N3O2.C2HF3O2/c25-20(19-11-17-5-1-2-6-18(17)22-19)24-14-21(15-24)8-7-16(13-26-21)12-23-9-3-4-10-23;3-2(4,5)1(6)7/h1-2,5-6,11,16,22H,3-4,7-10,12-15H2;(H,6,7). The first-order chi connectivity index (χ1) is 15.7. The summed E-state index contributed by atoms with van der Waals surface area (Å²) in [4.78, 5) is 29.4. The number of aromatic nitrogens is 1. The monoisotopic (exact) mass is 467 g/mol. The Hall–Kier alpha value is -2.59. The van der Waals surface area contributed by atoms with E-state index in [1.165, 1.54) is 38.9 Å². The lowest BCUT2D eigenvalue weighted by Crippen LogP contribution is -2.66. The quantitative estimate of drug-likeness (QED) is 0.722. The number of hydrogen-bond acceptors (Lipinski definition) is 4. The highest BCUT2D eigenvalue weighted by molar-refractivity contribution is 5.98. The summed E-state index contributed by atoms with van der Waals surface area (Å²) in [7, 11) is 0. The van der Waals surface area contributed by atoms with Crippen molar-refractivity contribution in [1.29, 1.82) is 0 Å². The second-order valence-electron chi connectivity index (χ2n) is 9.14. The molecule has 1 unspecified atom stereocenters. The Kier molecular flexibility index (Phi) is 6.67. The number of alkyl halides is 3. The van der Waals surface area contributed by atoms with Crippen molar-refractivity contribution >= 4 is 22.8 Å². The Morgan fingerprint density at radius 2 is 1.85 bits per heavy atom. The smallest absolute Gasteiger partial charge is 0.475 e. The maximum atomic E-state index is 12.7. The van der Waals surface area contributed by atoms with Gasteiger partial charge in [0.1, 0.15) is 11.3 Å². The Morgan fingerprint density at radius 1 is 1.18 bits per heavy atom. The first-order valence-electron chi connectivity index (χ1n) is 11.2. The van der Waals surface area contributed by atoms with Gasteiger partial charge in [0.25, 0.3) is 5.91 Å². The fraction of sp³-hybridized carbons (Fsp3) is 0.565. The van der Waals surface area contributed by atoms with Crippen LogP contribution in [0.3, 0.4) is 0 Å². The topological polar surface area (TPSA) is 85.9 Å². The first-order valence-corrected chi connectivity index (χ1v) is 11.2. The van der Waals surface area contributed by atoms with Crippen LogP contribution in [-0.4, -0.2) is 82.9 Å². The molecular weight excluding hydrogens is 439 g/mol. The summed E-state index contributed by atoms with van der Waals surface area (Å²) < 4.78 is 38.0. The molecule has 3 saturated heterocycles. The van der Waals surface area contributed by atoms with Crippen LogP contribution < -0.4 is 0 Å². The van der Waals surface area contributed by atoms with Gasteiger partial charge in [-0.1, -0.05) is 18.2 Å². The molecule has 7 nitrogen and oxygen atoms in total. The maximum absolute atomic E-state index is 12.7. The largest absolute Gasteiger partial charge is 0.490 e. The lowest BCUT2D eigenvalue weighted by molar-refractivity contribution is -0.192. The minimum atomic E-state index is -5.08. The number of carboxylic acid groups (broad SMARTS) is 1. The molecular formula is C23H28F3N3O4. The summed E-state index contributed by atoms with van der Waals surface area (Å²) in [6.07, 6.45) is -0.0718. The van der Waals surface area contributed by atoms with E-state index in [2.05, 4.69) is 9.88 Å². The minimum Gasteiger partial charge on any atom is -0.475 e. The number of para-hydroxylation sites is 1. The zero-order chi connectivity index (χ0) is 23.6. The summed E-state index contributed by atoms with van der Waals surface area (Å²) in [6, 6.07) is 9.98. The third-order valence-corrected chi connectivity index (χ3v) is 6.60. The summed E-state index contributed by atoms with van der Waals surface area (Å²) in [5.41, 5.74) is 1.62. The predicted molar refractivity (Wildman–Crippen MR) is 115 cm³/mol. The molecule has 2 aromatic rings. The average Bonchev–Trinajstić information content (AvgIpc) is 3.41. The summed E-state index contributed by atoms with van der Waals surface area (Å²) in [5.74, 6) is -2.00. The number of carbonyl (C=O) groups is 2. The SMILES string of the molecule is O=C(O)C(F)(F)F.O=C(c1cc2ccccc2[nH]1)N1CC2(CCC(CN3CCCC3)CO2)C1. The number of H-pyrrole nitrogens is 1. The van der Waals surface area contributed by atoms with Crippen molar-refractivity contribution in [3.8, 4) is 0 Å². The van der Waals surface area contributed by atoms with E-state index in [9.17, 15) is 18.0 Å². The van der Waals surface area contributed by atoms with Crippen LogP contribution in [0.5, 0.6) is 0 Å². The van der Waals surface area contributed by atoms with Crippen molar-refractivity contribution in [1.82, 2.24) is 14.8 Å². The second-order valence-corrected chi connectivity index (χ2v) is 9.14. The van der Waals surface area contributed by atoms with E-state index in [1.807, 2.05) is 35.2 Å². The van der Waals surface area contributed by atoms with E-state index in [0.717, 1.165) is 37.0 Å². The molecule has 1 atom stereocenters. The molecule has 1 spiro atoms. The summed E-state index contributed by atoms with van der Waals surface area (Å²) in [5, 5.41) is 8.21. The van der Waals surface area contributed by atoms with Crippen molar-refractivity contribution < 1.29 is 32.6 Å². The van der Waals surface area contributed by atoms with Gasteiger partial charge in [0.2, 0.25) is 0 Å². The average molecular weight is 467 g/mol. The van der Waals surface area contributed by atoms with Crippen LogP contribution in [0.15, 0.2) is 30.3 Å². The van der Waals surface area contributed by atoms with Gasteiger partial charge in [0.05, 0.1) is 19.7 Å². The number of ether oxygens (including phenoxy) is 1. The molecule has 3 aliphatic rings. The third-order valence-electron chi connectivity index (χ3n) is 6.60. The highest BCUT2D eigenvalue weighted by atomic mass is 19.4. The van der Waals surface area contributed by atoms with Gasteiger partial charge in [-0.05, 0) is 56.8 Å². The molecule has 0 radical (unpaired) electrons. The molecule has 4 heterocycles. The number of nitrogens with zero attached hydrogens (tertiary/aromatic N) is 2. The number of likely N-dealkylation sites (tertiary alicyclic amines) is 2. The van der Waals surface area contributed by atoms with Crippen molar-refractivity contribution in [2.75, 3.05) is 39.3 Å². The summed E-state index contributed by atoms with van der Waals surface area (Å²) in [6.45, 7) is 6.02. The molecule has 1 aromatic carbocycles. The Labute approximate surface area is 189 Å². The number of nitrogens with one attached hydrogen (secondary N) is 1. The molecule has 0 aliphatic carbocycles. The molecule has 10 heteroatoms. The van der Waals surface area contributed by atoms with Crippen LogP contribution in [0.4, 0.5) is 13.2 Å². The molecule has 33 heavy (non-hydrogen) atoms. The number of aliphatic carboxylic acids is 1. The van der Waals surface area contributed by atoms with Crippen LogP contribution in [0, 0.1) is 5.92 Å². The van der Waals surface area contributed by atoms with E-state index in [1.54, 1.807) is 0 Å². The van der Waals surface area contributed by atoms with Gasteiger partial charge >= 0.3 is 12.1 Å². The molecule has 0 saturated carbocycles. The minimum absolute atomic E-state index is 0.0802. The number of carbonyl (C=O) groups excluding carboxylic acids is 1. The highest BCUT2D eigenvalue weighted by Crippen LogP contribution is 2.37. The lowest BCUT2D eigenvalue weighted by atomic mass is 9.82. The van der Waals surface area contributed by atoms with Gasteiger partial charge in [-0.2, -0.15) is 13.2 Å². The molecule has 3 fully saturated rings. The zero-order valence-electron chi connectivity index (χ0n) is 18.2. The van der Waals surface area contributed by atoms with Crippen LogP contribution >= 0.6 is 0 Å². The number of hydrogen-bond donors (Lipinski definition) is 2. The lowest BCUT2D eigenvalue weighted by Gasteiger charge is -2.52. The number of aromatic amines is 1. The first kappa shape index (κ1) is 23.6. The Bertz CT molecular complexity index is 951. The van der Waals surface area contributed by atoms with Gasteiger partial charge in [-0.3, -0.25) is 4.79 Å². The van der Waals surface area contributed by atoms with Crippen molar-refractivity contribution in [3.05, 3.63) is 36.0 Å². The molecule has 1 aromatic heterocycles. The van der Waals surface area contributed by atoms with Crippen molar-refractivity contribution in [2.45, 2.75) is 37.5 Å². The Balaban J connectivity index is 0.000000325. The van der Waals surface area contributed by atoms with E-state index < -0.39 is 12.1 Å². The van der Waals surface area contributed by atoms with E-state index in [4.69, 9.17) is 14.6 Å². The number of fused-ring (bicyclic) bond motifs is 1. The fourth-order valence-corrected chi connectivity index (χ4v) is 4.79. The molecule has 2 N–H and O–H groups in total. The van der Waals surface area contributed by atoms with E-state index >= 15 is 0 Å². The number of halogens is 3. The number of carboxylic acids is 1. The van der Waals surface area contributed by atoms with Crippen LogP contribution in [-0.2, 0) is 9.53 Å². The predicted octanol–water partition coefficient (Wildman–Crippen LogP) is 3.52. The molecule has 3 aliphatic heterocycles. The highest BCUT2D eigenvalue weighted by Gasteiger charge is 2.48. The van der Waals surface area contributed by atoms with E-state index in [0.29, 0.717) is 11.6 Å². The van der Waals surface area contributed by atoms with Gasteiger partial charge < -0.3 is 24.6 Å². The number of rotatable bonds is 3. The van der Waals surface area contributed by atoms with Crippen molar-refractivity contribution in [3.63, 3.8) is 0 Å². The van der Waals surface area contributed by atoms with Gasteiger partial charge in [-0.25, -0.2) is 4.79 Å². The van der Waals surface area contributed by atoms with Gasteiger partial charge in [0, 0.05) is 17.4 Å². The van der Waals surface area contributed by atoms with Crippen molar-refractivity contribution in [2.24, 2.45) is 5.92 Å². The molecule has 1 amide bonds. The fourth-order valence-electron chi connectivity index (χ4n) is 4.79. The molecule has 0 bridgehead atoms. The molecule has 5 rings (SSSR count). The Morgan fingerprint density at radius 3 is 2.42 bits per heavy atom. The molecule has 180 valence electrons. The van der Waals surface area contributed by atoms with Crippen LogP contribution in [0.1, 0.15) is 36.2 Å². The maximum Gasteiger partial charge on any atom is 0.490 e. The normalized spacial score (nSPS) is 22.6. The number of benzene rings is 1. The zero-order valence-corrected chi connectivity index (χ0v) is 18.2. The summed E-state index contributed by atoms with van der Waals surface area (Å²) >= 11 is 0. The van der Waals surface area contributed by atoms with Crippen LogP contribution in [0.2, 0.25) is 0 Å². The van der Waals surface area contributed by atoms with Crippen LogP contribution in [0.25, 0.3) is 10.9 Å².